The third-order valence-corrected chi connectivity index (χ3v) is 5.04. The predicted octanol–water partition coefficient (Wildman–Crippen LogP) is 2.28. The first-order chi connectivity index (χ1) is 11.2. The maximum absolute atomic E-state index is 12.6. The van der Waals surface area contributed by atoms with Crippen LogP contribution in [0.3, 0.4) is 0 Å². The summed E-state index contributed by atoms with van der Waals surface area (Å²) in [6.07, 6.45) is 1.14. The average Bonchev–Trinajstić information content (AvgIpc) is 3.02. The molecule has 5 nitrogen and oxygen atoms in total. The molecule has 1 aromatic carbocycles. The van der Waals surface area contributed by atoms with Crippen molar-refractivity contribution in [3.8, 4) is 0 Å². The van der Waals surface area contributed by atoms with E-state index in [1.54, 1.807) is 11.3 Å². The van der Waals surface area contributed by atoms with E-state index in [0.29, 0.717) is 6.54 Å². The standard InChI is InChI=1S/C17H19N3O2S/c18-17(22)19-9-6-15(21)20-10-7-14-13(8-11-23-14)16(20)12-4-2-1-3-5-12/h1-5,8,11,16H,6-7,9-10H2,(H3,18,19,22)/t16-/m1/s1. The number of fused-ring (bicyclic) bond motifs is 1. The summed E-state index contributed by atoms with van der Waals surface area (Å²) in [6.45, 7) is 0.963. The molecule has 1 aliphatic rings. The summed E-state index contributed by atoms with van der Waals surface area (Å²) >= 11 is 1.75. The normalized spacial score (nSPS) is 16.7. The van der Waals surface area contributed by atoms with Gasteiger partial charge in [-0.05, 0) is 29.0 Å². The van der Waals surface area contributed by atoms with Gasteiger partial charge in [0.25, 0.3) is 0 Å². The second-order valence-corrected chi connectivity index (χ2v) is 6.49. The monoisotopic (exact) mass is 329 g/mol. The molecule has 1 atom stereocenters. The largest absolute Gasteiger partial charge is 0.352 e. The number of amides is 3. The van der Waals surface area contributed by atoms with Crippen LogP contribution in [0.5, 0.6) is 0 Å². The van der Waals surface area contributed by atoms with Crippen molar-refractivity contribution in [1.29, 1.82) is 0 Å². The summed E-state index contributed by atoms with van der Waals surface area (Å²) in [7, 11) is 0. The summed E-state index contributed by atoms with van der Waals surface area (Å²) in [4.78, 5) is 26.6. The molecule has 2 heterocycles. The molecule has 2 aromatic rings. The van der Waals surface area contributed by atoms with Crippen molar-refractivity contribution in [2.45, 2.75) is 18.9 Å². The quantitative estimate of drug-likeness (QED) is 0.903. The lowest BCUT2D eigenvalue weighted by Crippen LogP contribution is -2.41. The maximum atomic E-state index is 12.6. The van der Waals surface area contributed by atoms with E-state index >= 15 is 0 Å². The van der Waals surface area contributed by atoms with Crippen molar-refractivity contribution < 1.29 is 9.59 Å². The van der Waals surface area contributed by atoms with E-state index in [0.717, 1.165) is 12.0 Å². The molecule has 3 amide bonds. The lowest BCUT2D eigenvalue weighted by Gasteiger charge is -2.36. The molecular formula is C17H19N3O2S. The Bertz CT molecular complexity index is 699. The number of primary amides is 1. The highest BCUT2D eigenvalue weighted by molar-refractivity contribution is 7.10. The number of nitrogens with two attached hydrogens (primary N) is 1. The summed E-state index contributed by atoms with van der Waals surface area (Å²) in [5.41, 5.74) is 7.38. The minimum atomic E-state index is -0.601. The van der Waals surface area contributed by atoms with E-state index in [2.05, 4.69) is 28.9 Å². The number of nitrogens with zero attached hydrogens (tertiary/aromatic N) is 1. The molecule has 6 heteroatoms. The number of thiophene rings is 1. The van der Waals surface area contributed by atoms with Gasteiger partial charge in [0.05, 0.1) is 6.04 Å². The van der Waals surface area contributed by atoms with Crippen molar-refractivity contribution >= 4 is 23.3 Å². The highest BCUT2D eigenvalue weighted by Gasteiger charge is 2.32. The average molecular weight is 329 g/mol. The number of hydrogen-bond donors (Lipinski definition) is 2. The van der Waals surface area contributed by atoms with Crippen LogP contribution in [0.1, 0.15) is 28.5 Å². The summed E-state index contributed by atoms with van der Waals surface area (Å²) in [6, 6.07) is 11.5. The van der Waals surface area contributed by atoms with Crippen molar-refractivity contribution in [2.75, 3.05) is 13.1 Å². The lowest BCUT2D eigenvalue weighted by atomic mass is 9.93. The van der Waals surface area contributed by atoms with Gasteiger partial charge in [-0.25, -0.2) is 4.79 Å². The summed E-state index contributed by atoms with van der Waals surface area (Å²) in [5, 5.41) is 4.56. The fourth-order valence-corrected chi connectivity index (χ4v) is 3.92. The fourth-order valence-electron chi connectivity index (χ4n) is 3.02. The van der Waals surface area contributed by atoms with E-state index in [1.165, 1.54) is 10.4 Å². The Kier molecular flexibility index (Phi) is 4.62. The molecule has 0 fully saturated rings. The van der Waals surface area contributed by atoms with Crippen LogP contribution in [0.25, 0.3) is 0 Å². The molecule has 23 heavy (non-hydrogen) atoms. The van der Waals surface area contributed by atoms with Crippen molar-refractivity contribution in [3.05, 3.63) is 57.8 Å². The second-order valence-electron chi connectivity index (χ2n) is 5.49. The van der Waals surface area contributed by atoms with E-state index < -0.39 is 6.03 Å². The molecule has 3 N–H and O–H groups in total. The third-order valence-electron chi connectivity index (χ3n) is 4.04. The van der Waals surface area contributed by atoms with Gasteiger partial charge in [0.1, 0.15) is 0 Å². The van der Waals surface area contributed by atoms with Crippen LogP contribution in [0.15, 0.2) is 41.8 Å². The molecule has 0 unspecified atom stereocenters. The maximum Gasteiger partial charge on any atom is 0.312 e. The van der Waals surface area contributed by atoms with Gasteiger partial charge in [-0.15, -0.1) is 11.3 Å². The van der Waals surface area contributed by atoms with Crippen LogP contribution in [0.4, 0.5) is 4.79 Å². The Hall–Kier alpha value is -2.34. The van der Waals surface area contributed by atoms with Crippen molar-refractivity contribution in [3.63, 3.8) is 0 Å². The number of benzene rings is 1. The van der Waals surface area contributed by atoms with Crippen molar-refractivity contribution in [2.24, 2.45) is 5.73 Å². The first kappa shape index (κ1) is 15.6. The van der Waals surface area contributed by atoms with E-state index in [9.17, 15) is 9.59 Å². The van der Waals surface area contributed by atoms with Gasteiger partial charge in [-0.3, -0.25) is 4.79 Å². The predicted molar refractivity (Wildman–Crippen MR) is 90.2 cm³/mol. The van der Waals surface area contributed by atoms with Crippen LogP contribution in [0.2, 0.25) is 0 Å². The first-order valence-electron chi connectivity index (χ1n) is 7.61. The summed E-state index contributed by atoms with van der Waals surface area (Å²) in [5.74, 6) is 0.0319. The van der Waals surface area contributed by atoms with Gasteiger partial charge in [-0.1, -0.05) is 30.3 Å². The van der Waals surface area contributed by atoms with Gasteiger partial charge in [-0.2, -0.15) is 0 Å². The molecule has 1 aliphatic heterocycles. The Morgan fingerprint density at radius 1 is 1.26 bits per heavy atom. The van der Waals surface area contributed by atoms with Gasteiger partial charge >= 0.3 is 6.03 Å². The molecule has 0 aliphatic carbocycles. The van der Waals surface area contributed by atoms with Gasteiger partial charge in [0.15, 0.2) is 0 Å². The number of hydrogen-bond acceptors (Lipinski definition) is 3. The SMILES string of the molecule is NC(=O)NCCC(=O)N1CCc2sccc2[C@H]1c1ccccc1. The smallest absolute Gasteiger partial charge is 0.312 e. The minimum Gasteiger partial charge on any atom is -0.352 e. The Morgan fingerprint density at radius 2 is 2.04 bits per heavy atom. The number of nitrogens with one attached hydrogen (secondary N) is 1. The number of carbonyl (C=O) groups excluding carboxylic acids is 2. The molecule has 0 radical (unpaired) electrons. The molecule has 120 valence electrons. The number of urea groups is 1. The van der Waals surface area contributed by atoms with Crippen LogP contribution >= 0.6 is 11.3 Å². The zero-order chi connectivity index (χ0) is 16.2. The second kappa shape index (κ2) is 6.83. The molecule has 0 saturated carbocycles. The zero-order valence-electron chi connectivity index (χ0n) is 12.7. The molecular weight excluding hydrogens is 310 g/mol. The van der Waals surface area contributed by atoms with E-state index in [1.807, 2.05) is 23.1 Å². The topological polar surface area (TPSA) is 75.4 Å². The van der Waals surface area contributed by atoms with Crippen LogP contribution in [0, 0.1) is 0 Å². The Balaban J connectivity index is 1.84. The van der Waals surface area contributed by atoms with Gasteiger partial charge in [0.2, 0.25) is 5.91 Å². The van der Waals surface area contributed by atoms with Crippen LogP contribution in [-0.4, -0.2) is 29.9 Å². The highest BCUT2D eigenvalue weighted by Crippen LogP contribution is 2.37. The zero-order valence-corrected chi connectivity index (χ0v) is 13.5. The molecule has 0 bridgehead atoms. The van der Waals surface area contributed by atoms with Crippen LogP contribution < -0.4 is 11.1 Å². The van der Waals surface area contributed by atoms with Crippen molar-refractivity contribution in [1.82, 2.24) is 10.2 Å². The number of carbonyl (C=O) groups is 2. The molecule has 0 spiro atoms. The number of rotatable bonds is 4. The first-order valence-corrected chi connectivity index (χ1v) is 8.49. The van der Waals surface area contributed by atoms with Crippen LogP contribution in [-0.2, 0) is 11.2 Å². The summed E-state index contributed by atoms with van der Waals surface area (Å²) < 4.78 is 0. The third kappa shape index (κ3) is 3.37. The highest BCUT2D eigenvalue weighted by atomic mass is 32.1. The van der Waals surface area contributed by atoms with Gasteiger partial charge < -0.3 is 16.0 Å². The Morgan fingerprint density at radius 3 is 2.78 bits per heavy atom. The lowest BCUT2D eigenvalue weighted by molar-refractivity contribution is -0.133. The molecule has 1 aromatic heterocycles. The Labute approximate surface area is 139 Å². The fraction of sp³-hybridized carbons (Fsp3) is 0.294. The van der Waals surface area contributed by atoms with E-state index in [4.69, 9.17) is 5.73 Å². The minimum absolute atomic E-state index is 0.0319. The van der Waals surface area contributed by atoms with E-state index in [-0.39, 0.29) is 24.9 Å². The van der Waals surface area contributed by atoms with Gasteiger partial charge in [0, 0.05) is 24.4 Å². The molecule has 0 saturated heterocycles. The molecule has 3 rings (SSSR count).